The van der Waals surface area contributed by atoms with Crippen LogP contribution in [0.3, 0.4) is 0 Å². The molecule has 0 aromatic rings. The summed E-state index contributed by atoms with van der Waals surface area (Å²) in [5.41, 5.74) is 3.05. The normalized spacial score (nSPS) is 38.3. The van der Waals surface area contributed by atoms with Crippen LogP contribution in [0.5, 0.6) is 0 Å². The second-order valence-electron chi connectivity index (χ2n) is 6.70. The number of hydrogen-bond donors (Lipinski definition) is 0. The zero-order valence-corrected chi connectivity index (χ0v) is 12.0. The van der Waals surface area contributed by atoms with E-state index in [0.717, 1.165) is 19.3 Å². The molecule has 3 rings (SSSR count). The molecule has 0 aromatic heterocycles. The first-order valence-corrected chi connectivity index (χ1v) is 7.17. The first-order valence-electron chi connectivity index (χ1n) is 7.17. The zero-order chi connectivity index (χ0) is 13.8. The van der Waals surface area contributed by atoms with E-state index in [0.29, 0.717) is 5.92 Å². The Labute approximate surface area is 115 Å². The number of carbonyl (C=O) groups excluding carboxylic acids is 1. The molecule has 0 amide bonds. The average Bonchev–Trinajstić information content (AvgIpc) is 2.69. The van der Waals surface area contributed by atoms with Crippen LogP contribution >= 0.6 is 0 Å². The maximum atomic E-state index is 11.6. The molecule has 2 nitrogen and oxygen atoms in total. The van der Waals surface area contributed by atoms with E-state index in [1.807, 2.05) is 0 Å². The summed E-state index contributed by atoms with van der Waals surface area (Å²) in [5.74, 6) is 0.225. The summed E-state index contributed by atoms with van der Waals surface area (Å²) >= 11 is 0. The Morgan fingerprint density at radius 2 is 2.05 bits per heavy atom. The van der Waals surface area contributed by atoms with Crippen molar-refractivity contribution in [3.05, 3.63) is 36.0 Å². The quantitative estimate of drug-likeness (QED) is 0.556. The lowest BCUT2D eigenvalue weighted by atomic mass is 9.67. The lowest BCUT2D eigenvalue weighted by Gasteiger charge is -2.40. The molecule has 0 aliphatic heterocycles. The van der Waals surface area contributed by atoms with Gasteiger partial charge in [-0.2, -0.15) is 0 Å². The van der Waals surface area contributed by atoms with Crippen LogP contribution < -0.4 is 0 Å². The predicted octanol–water partition coefficient (Wildman–Crippen LogP) is 3.80. The van der Waals surface area contributed by atoms with Crippen molar-refractivity contribution in [2.24, 2.45) is 16.7 Å². The van der Waals surface area contributed by atoms with Gasteiger partial charge in [0.2, 0.25) is 0 Å². The van der Waals surface area contributed by atoms with Crippen molar-refractivity contribution < 1.29 is 9.53 Å². The molecule has 3 aliphatic carbocycles. The van der Waals surface area contributed by atoms with Crippen LogP contribution in [0.15, 0.2) is 36.0 Å². The first-order chi connectivity index (χ1) is 8.92. The van der Waals surface area contributed by atoms with E-state index >= 15 is 0 Å². The Bertz CT molecular complexity index is 509. The third-order valence-corrected chi connectivity index (χ3v) is 5.85. The van der Waals surface area contributed by atoms with E-state index < -0.39 is 0 Å². The van der Waals surface area contributed by atoms with Gasteiger partial charge in [-0.3, -0.25) is 0 Å². The molecule has 2 fully saturated rings. The van der Waals surface area contributed by atoms with Crippen molar-refractivity contribution >= 4 is 5.97 Å². The fraction of sp³-hybridized carbons (Fsp3) is 0.588. The van der Waals surface area contributed by atoms with Crippen LogP contribution in [-0.4, -0.2) is 12.1 Å². The van der Waals surface area contributed by atoms with Gasteiger partial charge in [0.05, 0.1) is 0 Å². The van der Waals surface area contributed by atoms with Gasteiger partial charge in [0.15, 0.2) is 0 Å². The van der Waals surface area contributed by atoms with E-state index in [1.165, 1.54) is 17.2 Å². The molecule has 3 atom stereocenters. The van der Waals surface area contributed by atoms with Gasteiger partial charge >= 0.3 is 5.97 Å². The summed E-state index contributed by atoms with van der Waals surface area (Å²) < 4.78 is 5.66. The summed E-state index contributed by atoms with van der Waals surface area (Å²) in [6, 6.07) is 0. The second-order valence-corrected chi connectivity index (χ2v) is 6.70. The second kappa shape index (κ2) is 3.84. The summed E-state index contributed by atoms with van der Waals surface area (Å²) in [7, 11) is 0. The lowest BCUT2D eigenvalue weighted by molar-refractivity contribution is -0.148. The molecule has 0 heterocycles. The van der Waals surface area contributed by atoms with Crippen LogP contribution in [0, 0.1) is 16.7 Å². The van der Waals surface area contributed by atoms with Gasteiger partial charge in [-0.15, -0.1) is 0 Å². The van der Waals surface area contributed by atoms with E-state index in [1.54, 1.807) is 0 Å². The topological polar surface area (TPSA) is 26.3 Å². The number of carbonyl (C=O) groups is 1. The highest BCUT2D eigenvalue weighted by atomic mass is 16.5. The molecular weight excluding hydrogens is 236 g/mol. The number of hydrogen-bond acceptors (Lipinski definition) is 2. The number of fused-ring (bicyclic) bond motifs is 5. The van der Waals surface area contributed by atoms with Gasteiger partial charge in [-0.1, -0.05) is 39.5 Å². The minimum atomic E-state index is -0.295. The van der Waals surface area contributed by atoms with Crippen LogP contribution in [0.1, 0.15) is 40.0 Å². The van der Waals surface area contributed by atoms with Crippen molar-refractivity contribution in [2.75, 3.05) is 0 Å². The van der Waals surface area contributed by atoms with Crippen LogP contribution in [0.4, 0.5) is 0 Å². The number of rotatable bonds is 2. The van der Waals surface area contributed by atoms with Crippen molar-refractivity contribution in [1.82, 2.24) is 0 Å². The minimum Gasteiger partial charge on any atom is -0.458 e. The Morgan fingerprint density at radius 1 is 1.37 bits per heavy atom. The highest BCUT2D eigenvalue weighted by molar-refractivity contribution is 5.81. The maximum absolute atomic E-state index is 11.6. The van der Waals surface area contributed by atoms with Gasteiger partial charge in [0.1, 0.15) is 6.10 Å². The standard InChI is InChI=1S/C17H22O2/c1-5-15(18)19-14-10-13-11-8-6-7-9-12(11)17(14,4)16(13,2)3/h5,8-9,13-14H,1,6-7,10H2,2-4H3/t13?,14-,17?/m1/s1. The highest BCUT2D eigenvalue weighted by Crippen LogP contribution is 2.71. The third-order valence-electron chi connectivity index (χ3n) is 5.85. The van der Waals surface area contributed by atoms with Gasteiger partial charge < -0.3 is 4.74 Å². The van der Waals surface area contributed by atoms with Crippen LogP contribution in [-0.2, 0) is 9.53 Å². The van der Waals surface area contributed by atoms with Gasteiger partial charge in [-0.25, -0.2) is 4.79 Å². The third kappa shape index (κ3) is 1.40. The molecule has 0 saturated heterocycles. The lowest BCUT2D eigenvalue weighted by Crippen LogP contribution is -2.40. The van der Waals surface area contributed by atoms with Crippen LogP contribution in [0.2, 0.25) is 0 Å². The largest absolute Gasteiger partial charge is 0.458 e. The Kier molecular flexibility index (Phi) is 2.57. The van der Waals surface area contributed by atoms with Gasteiger partial charge in [0.25, 0.3) is 0 Å². The molecular formula is C17H22O2. The summed E-state index contributed by atoms with van der Waals surface area (Å²) in [6.07, 6.45) is 9.24. The van der Waals surface area contributed by atoms with E-state index in [4.69, 9.17) is 4.74 Å². The maximum Gasteiger partial charge on any atom is 0.330 e. The summed E-state index contributed by atoms with van der Waals surface area (Å²) in [6.45, 7) is 10.4. The number of allylic oxidation sites excluding steroid dienone is 3. The predicted molar refractivity (Wildman–Crippen MR) is 75.5 cm³/mol. The average molecular weight is 258 g/mol. The molecule has 2 saturated carbocycles. The summed E-state index contributed by atoms with van der Waals surface area (Å²) in [5, 5.41) is 0. The van der Waals surface area contributed by atoms with Gasteiger partial charge in [-0.05, 0) is 41.7 Å². The Hall–Kier alpha value is -1.31. The monoisotopic (exact) mass is 258 g/mol. The first kappa shape index (κ1) is 12.7. The highest BCUT2D eigenvalue weighted by Gasteiger charge is 2.67. The molecule has 2 unspecified atom stereocenters. The Morgan fingerprint density at radius 3 is 2.74 bits per heavy atom. The molecule has 0 radical (unpaired) electrons. The van der Waals surface area contributed by atoms with Crippen molar-refractivity contribution in [2.45, 2.75) is 46.1 Å². The van der Waals surface area contributed by atoms with E-state index in [2.05, 4.69) is 39.5 Å². The zero-order valence-electron chi connectivity index (χ0n) is 12.0. The Balaban J connectivity index is 2.04. The molecule has 2 heteroatoms. The van der Waals surface area contributed by atoms with Crippen molar-refractivity contribution in [1.29, 1.82) is 0 Å². The molecule has 3 aliphatic rings. The smallest absolute Gasteiger partial charge is 0.330 e. The fourth-order valence-electron chi connectivity index (χ4n) is 4.45. The molecule has 2 bridgehead atoms. The molecule has 19 heavy (non-hydrogen) atoms. The van der Waals surface area contributed by atoms with E-state index in [9.17, 15) is 4.79 Å². The number of ether oxygens (including phenoxy) is 1. The van der Waals surface area contributed by atoms with Crippen LogP contribution in [0.25, 0.3) is 0 Å². The summed E-state index contributed by atoms with van der Waals surface area (Å²) in [4.78, 5) is 11.6. The van der Waals surface area contributed by atoms with Crippen molar-refractivity contribution in [3.63, 3.8) is 0 Å². The number of esters is 1. The SMILES string of the molecule is C=CC(=O)O[C@@H]1CC2C3=CCCC=C3C1(C)C2(C)C. The molecule has 0 N–H and O–H groups in total. The van der Waals surface area contributed by atoms with Crippen molar-refractivity contribution in [3.8, 4) is 0 Å². The molecule has 102 valence electrons. The fourth-order valence-corrected chi connectivity index (χ4v) is 4.45. The molecule has 0 aromatic carbocycles. The van der Waals surface area contributed by atoms with E-state index in [-0.39, 0.29) is 22.9 Å². The van der Waals surface area contributed by atoms with Gasteiger partial charge in [0, 0.05) is 11.5 Å². The minimum absolute atomic E-state index is 0.0144. The molecule has 0 spiro atoms.